The number of aromatic nitrogens is 2. The summed E-state index contributed by atoms with van der Waals surface area (Å²) in [6.45, 7) is 0.348. The molecular formula is C21H15N3O3. The first kappa shape index (κ1) is 16.7. The molecule has 0 spiro atoms. The van der Waals surface area contributed by atoms with Crippen molar-refractivity contribution in [1.82, 2.24) is 9.78 Å². The summed E-state index contributed by atoms with van der Waals surface area (Å²) < 4.78 is 1.42. The van der Waals surface area contributed by atoms with Crippen LogP contribution >= 0.6 is 0 Å². The fourth-order valence-electron chi connectivity index (χ4n) is 3.06. The van der Waals surface area contributed by atoms with Crippen molar-refractivity contribution >= 4 is 16.5 Å². The Hall–Kier alpha value is -3.80. The summed E-state index contributed by atoms with van der Waals surface area (Å²) in [7, 11) is 0. The molecule has 27 heavy (non-hydrogen) atoms. The van der Waals surface area contributed by atoms with E-state index in [9.17, 15) is 14.9 Å². The van der Waals surface area contributed by atoms with E-state index in [0.717, 1.165) is 16.3 Å². The number of rotatable bonds is 4. The molecule has 4 rings (SSSR count). The molecule has 0 atom stereocenters. The summed E-state index contributed by atoms with van der Waals surface area (Å²) in [6, 6.07) is 23.2. The molecule has 0 N–H and O–H groups in total. The highest BCUT2D eigenvalue weighted by Crippen LogP contribution is 2.21. The predicted octanol–water partition coefficient (Wildman–Crippen LogP) is 4.02. The lowest BCUT2D eigenvalue weighted by molar-refractivity contribution is -0.384. The predicted molar refractivity (Wildman–Crippen MR) is 104 cm³/mol. The van der Waals surface area contributed by atoms with Gasteiger partial charge in [0.2, 0.25) is 0 Å². The Morgan fingerprint density at radius 2 is 1.63 bits per heavy atom. The van der Waals surface area contributed by atoms with Gasteiger partial charge >= 0.3 is 0 Å². The molecule has 0 bridgehead atoms. The van der Waals surface area contributed by atoms with E-state index in [1.54, 1.807) is 18.2 Å². The average Bonchev–Trinajstić information content (AvgIpc) is 2.70. The lowest BCUT2D eigenvalue weighted by atomic mass is 10.0. The van der Waals surface area contributed by atoms with Crippen LogP contribution in [0.3, 0.4) is 0 Å². The fourth-order valence-corrected chi connectivity index (χ4v) is 3.06. The van der Waals surface area contributed by atoms with Crippen molar-refractivity contribution in [2.75, 3.05) is 0 Å². The summed E-state index contributed by atoms with van der Waals surface area (Å²) >= 11 is 0. The minimum atomic E-state index is -0.446. The van der Waals surface area contributed by atoms with Crippen molar-refractivity contribution in [3.05, 3.63) is 105 Å². The molecule has 0 radical (unpaired) electrons. The molecule has 0 saturated carbocycles. The molecule has 0 saturated heterocycles. The summed E-state index contributed by atoms with van der Waals surface area (Å²) in [5.41, 5.74) is 2.12. The summed E-state index contributed by atoms with van der Waals surface area (Å²) in [5, 5.41) is 17.4. The summed E-state index contributed by atoms with van der Waals surface area (Å²) in [6.07, 6.45) is 0. The minimum Gasteiger partial charge on any atom is -0.268 e. The van der Waals surface area contributed by atoms with Crippen LogP contribution in [0.1, 0.15) is 5.56 Å². The molecule has 0 aliphatic heterocycles. The van der Waals surface area contributed by atoms with Gasteiger partial charge in [0.1, 0.15) is 0 Å². The third kappa shape index (κ3) is 3.32. The number of hydrogen-bond donors (Lipinski definition) is 0. The van der Waals surface area contributed by atoms with E-state index in [0.29, 0.717) is 17.8 Å². The van der Waals surface area contributed by atoms with Crippen LogP contribution in [0, 0.1) is 10.1 Å². The SMILES string of the molecule is O=c1ccc(-c2ccc([N+](=O)[O-])cc2)nn1Cc1cccc2ccccc12. The van der Waals surface area contributed by atoms with Crippen molar-refractivity contribution < 1.29 is 4.92 Å². The second-order valence-electron chi connectivity index (χ2n) is 6.16. The van der Waals surface area contributed by atoms with Crippen LogP contribution in [0.2, 0.25) is 0 Å². The quantitative estimate of drug-likeness (QED) is 0.408. The molecule has 4 aromatic rings. The van der Waals surface area contributed by atoms with E-state index < -0.39 is 4.92 Å². The molecule has 0 fully saturated rings. The molecule has 0 aliphatic carbocycles. The van der Waals surface area contributed by atoms with Gasteiger partial charge in [-0.05, 0) is 34.5 Å². The minimum absolute atomic E-state index is 0.0165. The van der Waals surface area contributed by atoms with Crippen molar-refractivity contribution in [2.24, 2.45) is 0 Å². The van der Waals surface area contributed by atoms with Gasteiger partial charge in [-0.25, -0.2) is 4.68 Å². The van der Waals surface area contributed by atoms with Gasteiger partial charge in [-0.2, -0.15) is 5.10 Å². The normalized spacial score (nSPS) is 10.8. The zero-order valence-electron chi connectivity index (χ0n) is 14.3. The van der Waals surface area contributed by atoms with Crippen molar-refractivity contribution in [3.8, 4) is 11.3 Å². The monoisotopic (exact) mass is 357 g/mol. The van der Waals surface area contributed by atoms with Crippen LogP contribution in [0.25, 0.3) is 22.0 Å². The van der Waals surface area contributed by atoms with Gasteiger partial charge in [0, 0.05) is 23.8 Å². The van der Waals surface area contributed by atoms with Gasteiger partial charge < -0.3 is 0 Å². The molecule has 1 aromatic heterocycles. The van der Waals surface area contributed by atoms with Gasteiger partial charge in [-0.3, -0.25) is 14.9 Å². The number of nitrogens with zero attached hydrogens (tertiary/aromatic N) is 3. The van der Waals surface area contributed by atoms with Crippen molar-refractivity contribution in [1.29, 1.82) is 0 Å². The molecule has 0 aliphatic rings. The van der Waals surface area contributed by atoms with Crippen LogP contribution in [-0.2, 0) is 6.54 Å². The van der Waals surface area contributed by atoms with E-state index in [1.165, 1.54) is 22.9 Å². The number of nitro groups is 1. The lowest BCUT2D eigenvalue weighted by Gasteiger charge is -2.10. The van der Waals surface area contributed by atoms with E-state index >= 15 is 0 Å². The first-order valence-electron chi connectivity index (χ1n) is 8.41. The zero-order chi connectivity index (χ0) is 18.8. The van der Waals surface area contributed by atoms with Crippen LogP contribution in [0.15, 0.2) is 83.7 Å². The smallest absolute Gasteiger partial charge is 0.268 e. The van der Waals surface area contributed by atoms with Crippen LogP contribution in [0.5, 0.6) is 0 Å². The van der Waals surface area contributed by atoms with Crippen molar-refractivity contribution in [2.45, 2.75) is 6.54 Å². The highest BCUT2D eigenvalue weighted by Gasteiger charge is 2.09. The molecule has 0 unspecified atom stereocenters. The Labute approximate surface area is 154 Å². The van der Waals surface area contributed by atoms with E-state index in [1.807, 2.05) is 42.5 Å². The molecule has 0 amide bonds. The summed E-state index contributed by atoms with van der Waals surface area (Å²) in [5.74, 6) is 0. The third-order valence-corrected chi connectivity index (χ3v) is 4.44. The van der Waals surface area contributed by atoms with Gasteiger partial charge in [0.25, 0.3) is 11.2 Å². The Morgan fingerprint density at radius 1 is 0.889 bits per heavy atom. The molecule has 1 heterocycles. The van der Waals surface area contributed by atoms with E-state index in [2.05, 4.69) is 5.10 Å². The molecule has 6 heteroatoms. The Bertz CT molecular complexity index is 1190. The molecule has 132 valence electrons. The average molecular weight is 357 g/mol. The van der Waals surface area contributed by atoms with Gasteiger partial charge in [0.05, 0.1) is 17.2 Å². The highest BCUT2D eigenvalue weighted by atomic mass is 16.6. The van der Waals surface area contributed by atoms with Gasteiger partial charge in [0.15, 0.2) is 0 Å². The Morgan fingerprint density at radius 3 is 2.41 bits per heavy atom. The second-order valence-corrected chi connectivity index (χ2v) is 6.16. The fraction of sp³-hybridized carbons (Fsp3) is 0.0476. The van der Waals surface area contributed by atoms with E-state index in [4.69, 9.17) is 0 Å². The number of fused-ring (bicyclic) bond motifs is 1. The maximum absolute atomic E-state index is 12.3. The topological polar surface area (TPSA) is 78.0 Å². The largest absolute Gasteiger partial charge is 0.269 e. The second kappa shape index (κ2) is 6.84. The number of non-ortho nitro benzene ring substituents is 1. The van der Waals surface area contributed by atoms with E-state index in [-0.39, 0.29) is 11.2 Å². The van der Waals surface area contributed by atoms with Crippen LogP contribution in [-0.4, -0.2) is 14.7 Å². The van der Waals surface area contributed by atoms with Crippen molar-refractivity contribution in [3.63, 3.8) is 0 Å². The van der Waals surface area contributed by atoms with Crippen LogP contribution in [0.4, 0.5) is 5.69 Å². The zero-order valence-corrected chi connectivity index (χ0v) is 14.3. The van der Waals surface area contributed by atoms with Gasteiger partial charge in [-0.1, -0.05) is 42.5 Å². The summed E-state index contributed by atoms with van der Waals surface area (Å²) in [4.78, 5) is 22.7. The maximum Gasteiger partial charge on any atom is 0.269 e. The Balaban J connectivity index is 1.72. The standard InChI is InChI=1S/C21H15N3O3/c25-21-13-12-20(16-8-10-18(11-9-16)24(26)27)22-23(21)14-17-6-3-5-15-4-1-2-7-19(15)17/h1-13H,14H2. The molecule has 3 aromatic carbocycles. The highest BCUT2D eigenvalue weighted by molar-refractivity contribution is 5.85. The van der Waals surface area contributed by atoms with Gasteiger partial charge in [-0.15, -0.1) is 0 Å². The first-order chi connectivity index (χ1) is 13.1. The molecule has 6 nitrogen and oxygen atoms in total. The first-order valence-corrected chi connectivity index (χ1v) is 8.41. The number of nitro benzene ring substituents is 1. The number of benzene rings is 3. The Kier molecular flexibility index (Phi) is 4.22. The maximum atomic E-state index is 12.3. The lowest BCUT2D eigenvalue weighted by Crippen LogP contribution is -2.22. The molecular weight excluding hydrogens is 342 g/mol. The number of hydrogen-bond acceptors (Lipinski definition) is 4. The van der Waals surface area contributed by atoms with Crippen LogP contribution < -0.4 is 5.56 Å². The third-order valence-electron chi connectivity index (χ3n) is 4.44.